The molecule has 0 unspecified atom stereocenters. The highest BCUT2D eigenvalue weighted by Crippen LogP contribution is 2.42. The minimum atomic E-state index is -0.258. The molecule has 2 amide bonds. The SMILES string of the molecule is COCC1(N(C)C(=O)c2noc3c2CN(C(=O)c2cc4ccccc4[nH]2)CC3)CC1. The first-order chi connectivity index (χ1) is 14.5. The number of likely N-dealkylation sites (N-methyl/N-ethyl adjacent to an activating group) is 1. The summed E-state index contributed by atoms with van der Waals surface area (Å²) in [6.45, 7) is 1.33. The van der Waals surface area contributed by atoms with Gasteiger partial charge in [-0.1, -0.05) is 23.4 Å². The summed E-state index contributed by atoms with van der Waals surface area (Å²) in [5, 5.41) is 5.06. The minimum absolute atomic E-state index is 0.0946. The van der Waals surface area contributed by atoms with Crippen molar-refractivity contribution in [3.63, 3.8) is 0 Å². The van der Waals surface area contributed by atoms with Crippen molar-refractivity contribution in [2.24, 2.45) is 0 Å². The van der Waals surface area contributed by atoms with Gasteiger partial charge in [0.25, 0.3) is 11.8 Å². The van der Waals surface area contributed by atoms with E-state index in [1.165, 1.54) is 0 Å². The topological polar surface area (TPSA) is 91.7 Å². The Labute approximate surface area is 173 Å². The van der Waals surface area contributed by atoms with Crippen LogP contribution in [0.1, 0.15) is 45.1 Å². The van der Waals surface area contributed by atoms with Gasteiger partial charge < -0.3 is 24.0 Å². The molecule has 0 spiro atoms. The molecule has 1 aliphatic carbocycles. The Morgan fingerprint density at radius 2 is 2.13 bits per heavy atom. The molecule has 1 aromatic carbocycles. The Hall–Kier alpha value is -3.13. The average molecular weight is 408 g/mol. The Kier molecular flexibility index (Phi) is 4.39. The van der Waals surface area contributed by atoms with Gasteiger partial charge in [0.2, 0.25) is 0 Å². The Morgan fingerprint density at radius 1 is 1.33 bits per heavy atom. The highest BCUT2D eigenvalue weighted by molar-refractivity contribution is 5.98. The third-order valence-electron chi connectivity index (χ3n) is 6.33. The summed E-state index contributed by atoms with van der Waals surface area (Å²) < 4.78 is 10.8. The monoisotopic (exact) mass is 408 g/mol. The number of para-hydroxylation sites is 1. The van der Waals surface area contributed by atoms with Crippen LogP contribution in [0.25, 0.3) is 10.9 Å². The molecule has 0 saturated heterocycles. The first-order valence-corrected chi connectivity index (χ1v) is 10.1. The van der Waals surface area contributed by atoms with Crippen molar-refractivity contribution >= 4 is 22.7 Å². The summed E-state index contributed by atoms with van der Waals surface area (Å²) in [6.07, 6.45) is 2.36. The maximum absolute atomic E-state index is 13.1. The first-order valence-electron chi connectivity index (χ1n) is 10.1. The number of benzene rings is 1. The summed E-state index contributed by atoms with van der Waals surface area (Å²) in [4.78, 5) is 32.9. The lowest BCUT2D eigenvalue weighted by molar-refractivity contribution is 0.0538. The van der Waals surface area contributed by atoms with Crippen LogP contribution in [0, 0.1) is 0 Å². The van der Waals surface area contributed by atoms with Gasteiger partial charge >= 0.3 is 0 Å². The number of nitrogens with zero attached hydrogens (tertiary/aromatic N) is 3. The Morgan fingerprint density at radius 3 is 2.87 bits per heavy atom. The molecule has 156 valence electrons. The van der Waals surface area contributed by atoms with E-state index >= 15 is 0 Å². The standard InChI is InChI=1S/C22H24N4O4/c1-25(22(8-9-22)13-29-2)21(28)19-15-12-26(10-7-18(15)30-24-19)20(27)17-11-14-5-3-4-6-16(14)23-17/h3-6,11,23H,7-10,12-13H2,1-2H3. The molecule has 2 aliphatic rings. The number of methoxy groups -OCH3 is 1. The fourth-order valence-corrected chi connectivity index (χ4v) is 4.27. The Balaban J connectivity index is 1.38. The number of ether oxygens (including phenoxy) is 1. The highest BCUT2D eigenvalue weighted by Gasteiger charge is 2.49. The van der Waals surface area contributed by atoms with Crippen LogP contribution in [0.2, 0.25) is 0 Å². The summed E-state index contributed by atoms with van der Waals surface area (Å²) in [6, 6.07) is 9.65. The van der Waals surface area contributed by atoms with Crippen LogP contribution >= 0.6 is 0 Å². The van der Waals surface area contributed by atoms with Gasteiger partial charge in [0.15, 0.2) is 5.69 Å². The van der Waals surface area contributed by atoms with Crippen molar-refractivity contribution in [3.05, 3.63) is 53.0 Å². The molecule has 1 saturated carbocycles. The van der Waals surface area contributed by atoms with E-state index in [2.05, 4.69) is 10.1 Å². The quantitative estimate of drug-likeness (QED) is 0.701. The van der Waals surface area contributed by atoms with Crippen LogP contribution in [0.15, 0.2) is 34.9 Å². The number of fused-ring (bicyclic) bond motifs is 2. The smallest absolute Gasteiger partial charge is 0.276 e. The van der Waals surface area contributed by atoms with Gasteiger partial charge in [0.05, 0.1) is 18.7 Å². The fourth-order valence-electron chi connectivity index (χ4n) is 4.27. The molecular weight excluding hydrogens is 384 g/mol. The predicted molar refractivity (Wildman–Crippen MR) is 109 cm³/mol. The maximum atomic E-state index is 13.1. The highest BCUT2D eigenvalue weighted by atomic mass is 16.5. The third kappa shape index (κ3) is 2.99. The Bertz CT molecular complexity index is 1090. The van der Waals surface area contributed by atoms with Crippen molar-refractivity contribution in [2.45, 2.75) is 31.3 Å². The molecule has 3 aromatic rings. The molecule has 0 bridgehead atoms. The molecule has 1 fully saturated rings. The molecule has 0 radical (unpaired) electrons. The number of carbonyl (C=O) groups excluding carboxylic acids is 2. The number of carbonyl (C=O) groups is 2. The van der Waals surface area contributed by atoms with Crippen molar-refractivity contribution in [1.82, 2.24) is 19.9 Å². The largest absolute Gasteiger partial charge is 0.382 e. The number of H-pyrrole nitrogens is 1. The second-order valence-electron chi connectivity index (χ2n) is 8.20. The zero-order valence-corrected chi connectivity index (χ0v) is 17.1. The van der Waals surface area contributed by atoms with E-state index in [0.29, 0.717) is 48.8 Å². The van der Waals surface area contributed by atoms with E-state index in [9.17, 15) is 9.59 Å². The van der Waals surface area contributed by atoms with E-state index in [1.54, 1.807) is 24.0 Å². The molecule has 2 aromatic heterocycles. The summed E-state index contributed by atoms with van der Waals surface area (Å²) in [5.41, 5.74) is 2.21. The normalized spacial score (nSPS) is 17.1. The number of aromatic amines is 1. The summed E-state index contributed by atoms with van der Waals surface area (Å²) in [5.74, 6) is 0.404. The lowest BCUT2D eigenvalue weighted by Gasteiger charge is -2.28. The molecule has 3 heterocycles. The van der Waals surface area contributed by atoms with Crippen molar-refractivity contribution in [2.75, 3.05) is 27.3 Å². The molecule has 8 heteroatoms. The minimum Gasteiger partial charge on any atom is -0.382 e. The zero-order chi connectivity index (χ0) is 20.9. The number of nitrogens with one attached hydrogen (secondary N) is 1. The molecule has 1 N–H and O–H groups in total. The molecule has 8 nitrogen and oxygen atoms in total. The molecule has 30 heavy (non-hydrogen) atoms. The van der Waals surface area contributed by atoms with Crippen LogP contribution in [0.3, 0.4) is 0 Å². The number of hydrogen-bond acceptors (Lipinski definition) is 5. The first kappa shape index (κ1) is 18.9. The van der Waals surface area contributed by atoms with E-state index < -0.39 is 0 Å². The van der Waals surface area contributed by atoms with Gasteiger partial charge in [0, 0.05) is 43.6 Å². The van der Waals surface area contributed by atoms with E-state index in [1.807, 2.05) is 30.3 Å². The van der Waals surface area contributed by atoms with Gasteiger partial charge in [-0.25, -0.2) is 0 Å². The molecule has 0 atom stereocenters. The summed E-state index contributed by atoms with van der Waals surface area (Å²) >= 11 is 0. The number of hydrogen-bond donors (Lipinski definition) is 1. The maximum Gasteiger partial charge on any atom is 0.276 e. The van der Waals surface area contributed by atoms with Gasteiger partial charge in [-0.3, -0.25) is 9.59 Å². The van der Waals surface area contributed by atoms with Crippen LogP contribution in [0.5, 0.6) is 0 Å². The number of rotatable bonds is 5. The average Bonchev–Trinajstić information content (AvgIpc) is 3.23. The van der Waals surface area contributed by atoms with E-state index in [-0.39, 0.29) is 17.4 Å². The molecule has 5 rings (SSSR count). The second kappa shape index (κ2) is 6.98. The van der Waals surface area contributed by atoms with E-state index in [0.717, 1.165) is 23.7 Å². The second-order valence-corrected chi connectivity index (χ2v) is 8.20. The van der Waals surface area contributed by atoms with Crippen molar-refractivity contribution in [1.29, 1.82) is 0 Å². The lowest BCUT2D eigenvalue weighted by atomic mass is 10.0. The number of aromatic nitrogens is 2. The lowest BCUT2D eigenvalue weighted by Crippen LogP contribution is -2.43. The van der Waals surface area contributed by atoms with Crippen molar-refractivity contribution < 1.29 is 18.8 Å². The molecular formula is C22H24N4O4. The van der Waals surface area contributed by atoms with Gasteiger partial charge in [-0.15, -0.1) is 0 Å². The molecule has 1 aliphatic heterocycles. The van der Waals surface area contributed by atoms with Crippen molar-refractivity contribution in [3.8, 4) is 0 Å². The van der Waals surface area contributed by atoms with Gasteiger partial charge in [-0.05, 0) is 25.0 Å². The van der Waals surface area contributed by atoms with Crippen LogP contribution < -0.4 is 0 Å². The van der Waals surface area contributed by atoms with Crippen LogP contribution in [-0.2, 0) is 17.7 Å². The summed E-state index contributed by atoms with van der Waals surface area (Å²) in [7, 11) is 3.43. The third-order valence-corrected chi connectivity index (χ3v) is 6.33. The number of amides is 2. The fraction of sp³-hybridized carbons (Fsp3) is 0.409. The van der Waals surface area contributed by atoms with Gasteiger partial charge in [0.1, 0.15) is 11.5 Å². The van der Waals surface area contributed by atoms with Crippen LogP contribution in [-0.4, -0.2) is 64.6 Å². The predicted octanol–water partition coefficient (Wildman–Crippen LogP) is 2.61. The van der Waals surface area contributed by atoms with E-state index in [4.69, 9.17) is 9.26 Å². The van der Waals surface area contributed by atoms with Crippen LogP contribution in [0.4, 0.5) is 0 Å². The van der Waals surface area contributed by atoms with Gasteiger partial charge in [-0.2, -0.15) is 0 Å². The zero-order valence-electron chi connectivity index (χ0n) is 17.1.